The fourth-order valence-electron chi connectivity index (χ4n) is 3.31. The van der Waals surface area contributed by atoms with Gasteiger partial charge in [0.25, 0.3) is 0 Å². The zero-order valence-electron chi connectivity index (χ0n) is 14.9. The number of nitrogens with zero attached hydrogens (tertiary/aromatic N) is 1. The highest BCUT2D eigenvalue weighted by Gasteiger charge is 2.32. The van der Waals surface area contributed by atoms with Gasteiger partial charge in [-0.05, 0) is 37.5 Å². The Kier molecular flexibility index (Phi) is 5.26. The summed E-state index contributed by atoms with van der Waals surface area (Å²) in [5.74, 6) is -2.04. The van der Waals surface area contributed by atoms with Crippen LogP contribution in [0.1, 0.15) is 30.8 Å². The molecule has 1 aliphatic heterocycles. The van der Waals surface area contributed by atoms with E-state index in [0.29, 0.717) is 24.1 Å². The number of aromatic nitrogens is 1. The number of aliphatic hydroxyl groups excluding tert-OH is 2. The van der Waals surface area contributed by atoms with Crippen LogP contribution in [0, 0.1) is 16.4 Å². The zero-order valence-corrected chi connectivity index (χ0v) is 15.7. The molecule has 0 amide bonds. The molecule has 2 aromatic rings. The quantitative estimate of drug-likeness (QED) is 0.506. The molecule has 4 atom stereocenters. The van der Waals surface area contributed by atoms with Gasteiger partial charge in [-0.1, -0.05) is 0 Å². The number of aryl methyl sites for hydroxylation is 1. The second-order valence-corrected chi connectivity index (χ2v) is 8.49. The van der Waals surface area contributed by atoms with Crippen LogP contribution in [0.15, 0.2) is 29.3 Å². The van der Waals surface area contributed by atoms with E-state index in [1.54, 1.807) is 18.5 Å². The minimum absolute atomic E-state index is 0.177. The summed E-state index contributed by atoms with van der Waals surface area (Å²) in [6, 6.07) is 2.65. The summed E-state index contributed by atoms with van der Waals surface area (Å²) in [5.41, 5.74) is 1.09. The van der Waals surface area contributed by atoms with Crippen LogP contribution in [0.5, 0.6) is 0 Å². The second-order valence-electron chi connectivity index (χ2n) is 6.70. The number of halogens is 2. The van der Waals surface area contributed by atoms with Crippen LogP contribution in [0.25, 0.3) is 0 Å². The molecule has 148 valence electrons. The van der Waals surface area contributed by atoms with Crippen LogP contribution in [0.4, 0.5) is 14.5 Å². The second kappa shape index (κ2) is 7.19. The van der Waals surface area contributed by atoms with Crippen LogP contribution in [-0.4, -0.2) is 31.1 Å². The van der Waals surface area contributed by atoms with Gasteiger partial charge in [0.05, 0.1) is 16.7 Å². The molecule has 0 fully saturated rings. The van der Waals surface area contributed by atoms with Gasteiger partial charge in [0.15, 0.2) is 17.9 Å². The smallest absolute Gasteiger partial charge is 0.166 e. The van der Waals surface area contributed by atoms with Crippen LogP contribution in [0.3, 0.4) is 0 Å². The normalized spacial score (nSPS) is 24.7. The van der Waals surface area contributed by atoms with Crippen molar-refractivity contribution in [3.63, 3.8) is 0 Å². The number of aliphatic hydroxyl groups is 2. The highest BCUT2D eigenvalue weighted by molar-refractivity contribution is 7.90. The van der Waals surface area contributed by atoms with E-state index < -0.39 is 39.9 Å². The van der Waals surface area contributed by atoms with Gasteiger partial charge in [-0.2, -0.15) is 0 Å². The number of hydrogen-bond donors (Lipinski definition) is 5. The Balaban J connectivity index is 1.96. The van der Waals surface area contributed by atoms with E-state index in [9.17, 15) is 23.2 Å². The predicted octanol–water partition coefficient (Wildman–Crippen LogP) is 2.01. The third kappa shape index (κ3) is 3.84. The fourth-order valence-corrected chi connectivity index (χ4v) is 5.03. The maximum Gasteiger partial charge on any atom is 0.166 e. The Bertz CT molecular complexity index is 959. The van der Waals surface area contributed by atoms with E-state index >= 15 is 0 Å². The van der Waals surface area contributed by atoms with Crippen molar-refractivity contribution >= 4 is 15.6 Å². The Morgan fingerprint density at radius 2 is 2.07 bits per heavy atom. The van der Waals surface area contributed by atoms with Crippen molar-refractivity contribution in [1.82, 2.24) is 9.29 Å². The summed E-state index contributed by atoms with van der Waals surface area (Å²) < 4.78 is 51.8. The maximum atomic E-state index is 13.4. The van der Waals surface area contributed by atoms with Crippen molar-refractivity contribution in [3.8, 4) is 0 Å². The lowest BCUT2D eigenvalue weighted by atomic mass is 10.0. The van der Waals surface area contributed by atoms with Crippen molar-refractivity contribution in [2.45, 2.75) is 43.0 Å². The van der Waals surface area contributed by atoms with Crippen molar-refractivity contribution < 1.29 is 23.2 Å². The van der Waals surface area contributed by atoms with Crippen molar-refractivity contribution in [3.05, 3.63) is 47.3 Å². The molecule has 7 nitrogen and oxygen atoms in total. The van der Waals surface area contributed by atoms with E-state index in [2.05, 4.69) is 10.0 Å². The molecule has 2 heterocycles. The zero-order chi connectivity index (χ0) is 19.9. The molecule has 1 aromatic carbocycles. The molecule has 0 spiro atoms. The van der Waals surface area contributed by atoms with Gasteiger partial charge in [-0.3, -0.25) is 0 Å². The van der Waals surface area contributed by atoms with Gasteiger partial charge in [0.1, 0.15) is 9.92 Å². The molecule has 1 aromatic heterocycles. The molecular formula is C17H22F2N4O3S. The van der Waals surface area contributed by atoms with Gasteiger partial charge >= 0.3 is 0 Å². The molecule has 0 saturated carbocycles. The number of benzene rings is 1. The first kappa shape index (κ1) is 19.7. The third-order valence-corrected chi connectivity index (χ3v) is 6.30. The summed E-state index contributed by atoms with van der Waals surface area (Å²) in [6.45, 7) is 1.56. The minimum atomic E-state index is -3.37. The number of fused-ring (bicyclic) bond motifs is 1. The monoisotopic (exact) mass is 400 g/mol. The lowest BCUT2D eigenvalue weighted by molar-refractivity contribution is 0.152. The van der Waals surface area contributed by atoms with Crippen molar-refractivity contribution in [2.75, 3.05) is 5.32 Å². The van der Waals surface area contributed by atoms with Gasteiger partial charge in [0.2, 0.25) is 0 Å². The first-order chi connectivity index (χ1) is 12.6. The molecule has 1 aliphatic rings. The topological polar surface area (TPSA) is 110 Å². The Morgan fingerprint density at radius 3 is 2.70 bits per heavy atom. The molecule has 5 N–H and O–H groups in total. The number of nitrogens with one attached hydrogen (secondary N) is 3. The van der Waals surface area contributed by atoms with E-state index in [-0.39, 0.29) is 10.6 Å². The molecule has 0 bridgehead atoms. The van der Waals surface area contributed by atoms with Crippen molar-refractivity contribution in [1.29, 1.82) is 4.78 Å². The number of anilines is 1. The summed E-state index contributed by atoms with van der Waals surface area (Å²) >= 11 is 0. The van der Waals surface area contributed by atoms with Crippen LogP contribution < -0.4 is 10.0 Å². The van der Waals surface area contributed by atoms with Gasteiger partial charge < -0.3 is 20.1 Å². The molecule has 27 heavy (non-hydrogen) atoms. The first-order valence-electron chi connectivity index (χ1n) is 8.42. The average molecular weight is 400 g/mol. The first-order valence-corrected chi connectivity index (χ1v) is 9.98. The Hall–Kier alpha value is -2.01. The Labute approximate surface area is 156 Å². The van der Waals surface area contributed by atoms with Gasteiger partial charge in [0, 0.05) is 31.0 Å². The molecule has 10 heteroatoms. The standard InChI is InChI=1S/C17H22F2N4O3S/c1-9(24)14-6-4-11-15(27(20,26)22-14)8-23(2)16(11)17(25)21-10-3-5-12(18)13(19)7-10/h3,5,7-9,14,17,21,24-25H,4,6H2,1-2H3,(H2,20,22,26)/t9?,14-,17?,27?/m1/s1. The number of hydrogen-bond acceptors (Lipinski definition) is 5. The Morgan fingerprint density at radius 1 is 1.37 bits per heavy atom. The van der Waals surface area contributed by atoms with Crippen molar-refractivity contribution in [2.24, 2.45) is 7.05 Å². The largest absolute Gasteiger partial charge is 0.392 e. The molecule has 3 rings (SSSR count). The average Bonchev–Trinajstić information content (AvgIpc) is 2.85. The van der Waals surface area contributed by atoms with E-state index in [1.807, 2.05) is 0 Å². The predicted molar refractivity (Wildman–Crippen MR) is 96.4 cm³/mol. The SMILES string of the molecule is CC(O)[C@H]1CCc2c(cn(C)c2C(O)Nc2ccc(F)c(F)c2)S(=N)(=O)N1. The maximum absolute atomic E-state index is 13.4. The van der Waals surface area contributed by atoms with E-state index in [4.69, 9.17) is 4.78 Å². The van der Waals surface area contributed by atoms with Crippen LogP contribution in [0.2, 0.25) is 0 Å². The lowest BCUT2D eigenvalue weighted by Gasteiger charge is -2.20. The molecule has 0 saturated heterocycles. The molecule has 0 aliphatic carbocycles. The van der Waals surface area contributed by atoms with E-state index in [0.717, 1.165) is 12.1 Å². The third-order valence-electron chi connectivity index (χ3n) is 4.69. The summed E-state index contributed by atoms with van der Waals surface area (Å²) in [5, 5.41) is 23.1. The van der Waals surface area contributed by atoms with Crippen LogP contribution >= 0.6 is 0 Å². The summed E-state index contributed by atoms with van der Waals surface area (Å²) in [4.78, 5) is 0.245. The van der Waals surface area contributed by atoms with Gasteiger partial charge in [-0.15, -0.1) is 0 Å². The molecular weight excluding hydrogens is 378 g/mol. The summed E-state index contributed by atoms with van der Waals surface area (Å²) in [6.07, 6.45) is 0.244. The van der Waals surface area contributed by atoms with Gasteiger partial charge in [-0.25, -0.2) is 22.5 Å². The highest BCUT2D eigenvalue weighted by Crippen LogP contribution is 2.32. The van der Waals surface area contributed by atoms with E-state index in [1.165, 1.54) is 12.3 Å². The summed E-state index contributed by atoms with van der Waals surface area (Å²) in [7, 11) is -1.73. The minimum Gasteiger partial charge on any atom is -0.392 e. The lowest BCUT2D eigenvalue weighted by Crippen LogP contribution is -2.40. The fraction of sp³-hybridized carbons (Fsp3) is 0.412. The molecule has 0 radical (unpaired) electrons. The molecule has 3 unspecified atom stereocenters. The highest BCUT2D eigenvalue weighted by atomic mass is 32.2. The van der Waals surface area contributed by atoms with Crippen LogP contribution in [-0.2, 0) is 23.4 Å². The number of rotatable bonds is 4.